The van der Waals surface area contributed by atoms with Crippen LogP contribution in [0.15, 0.2) is 33.6 Å². The van der Waals surface area contributed by atoms with Crippen LogP contribution in [-0.4, -0.2) is 9.97 Å². The van der Waals surface area contributed by atoms with Gasteiger partial charge in [-0.2, -0.15) is 0 Å². The molecule has 0 spiro atoms. The average molecular weight is 386 g/mol. The maximum atomic E-state index is 6.21. The Hall–Kier alpha value is -0.580. The van der Waals surface area contributed by atoms with Gasteiger partial charge in [-0.1, -0.05) is 43.6 Å². The van der Waals surface area contributed by atoms with Crippen molar-refractivity contribution in [3.63, 3.8) is 0 Å². The van der Waals surface area contributed by atoms with Crippen molar-refractivity contribution in [3.8, 4) is 0 Å². The topological polar surface area (TPSA) is 25.8 Å². The summed E-state index contributed by atoms with van der Waals surface area (Å²) in [5.74, 6) is 2.04. The van der Waals surface area contributed by atoms with Crippen LogP contribution in [0.2, 0.25) is 5.15 Å². The van der Waals surface area contributed by atoms with E-state index in [0.29, 0.717) is 11.1 Å². The van der Waals surface area contributed by atoms with Gasteiger partial charge in [0.2, 0.25) is 0 Å². The highest BCUT2D eigenvalue weighted by molar-refractivity contribution is 9.10. The first-order valence-corrected chi connectivity index (χ1v) is 9.02. The Morgan fingerprint density at radius 1 is 1.24 bits per heavy atom. The number of thioether (sulfide) groups is 1. The lowest BCUT2D eigenvalue weighted by Crippen LogP contribution is -2.04. The molecule has 21 heavy (non-hydrogen) atoms. The molecular weight excluding hydrogens is 368 g/mol. The minimum atomic E-state index is 0.501. The molecule has 2 rings (SSSR count). The summed E-state index contributed by atoms with van der Waals surface area (Å²) in [6.07, 6.45) is 0.894. The summed E-state index contributed by atoms with van der Waals surface area (Å²) < 4.78 is 0.822. The van der Waals surface area contributed by atoms with Crippen LogP contribution in [0.1, 0.15) is 30.9 Å². The molecule has 5 heteroatoms. The van der Waals surface area contributed by atoms with Crippen molar-refractivity contribution in [1.29, 1.82) is 0 Å². The number of hydrogen-bond acceptors (Lipinski definition) is 3. The maximum absolute atomic E-state index is 6.21. The van der Waals surface area contributed by atoms with Crippen molar-refractivity contribution in [2.24, 2.45) is 5.92 Å². The fourth-order valence-corrected chi connectivity index (χ4v) is 3.39. The number of aromatic nitrogens is 2. The predicted octanol–water partition coefficient (Wildman–Crippen LogP) is 5.69. The number of aryl methyl sites for hydroxylation is 1. The molecule has 0 aliphatic heterocycles. The Morgan fingerprint density at radius 2 is 1.95 bits per heavy atom. The summed E-state index contributed by atoms with van der Waals surface area (Å²) in [6, 6.07) is 8.33. The summed E-state index contributed by atoms with van der Waals surface area (Å²) >= 11 is 11.4. The number of hydrogen-bond donors (Lipinski definition) is 0. The van der Waals surface area contributed by atoms with Crippen LogP contribution >= 0.6 is 39.3 Å². The van der Waals surface area contributed by atoms with Gasteiger partial charge in [0.15, 0.2) is 0 Å². The van der Waals surface area contributed by atoms with Gasteiger partial charge in [0.1, 0.15) is 11.0 Å². The fraction of sp³-hybridized carbons (Fsp3) is 0.375. The quantitative estimate of drug-likeness (QED) is 0.488. The Morgan fingerprint density at radius 3 is 2.62 bits per heavy atom. The van der Waals surface area contributed by atoms with E-state index < -0.39 is 0 Å². The zero-order chi connectivity index (χ0) is 15.4. The molecule has 0 N–H and O–H groups in total. The van der Waals surface area contributed by atoms with E-state index in [2.05, 4.69) is 64.9 Å². The summed E-state index contributed by atoms with van der Waals surface area (Å²) in [6.45, 7) is 6.45. The van der Waals surface area contributed by atoms with Crippen molar-refractivity contribution in [3.05, 3.63) is 51.0 Å². The fourth-order valence-electron chi connectivity index (χ4n) is 1.96. The monoisotopic (exact) mass is 384 g/mol. The molecule has 112 valence electrons. The molecule has 2 nitrogen and oxygen atoms in total. The Labute approximate surface area is 143 Å². The van der Waals surface area contributed by atoms with Gasteiger partial charge in [-0.15, -0.1) is 11.8 Å². The van der Waals surface area contributed by atoms with Gasteiger partial charge in [0.25, 0.3) is 0 Å². The number of benzene rings is 1. The van der Waals surface area contributed by atoms with Crippen molar-refractivity contribution in [2.75, 3.05) is 0 Å². The van der Waals surface area contributed by atoms with Gasteiger partial charge in [0, 0.05) is 4.90 Å². The Balaban J connectivity index is 2.17. The van der Waals surface area contributed by atoms with Crippen molar-refractivity contribution >= 4 is 39.3 Å². The third-order valence-electron chi connectivity index (χ3n) is 2.98. The lowest BCUT2D eigenvalue weighted by molar-refractivity contribution is 0.629. The van der Waals surface area contributed by atoms with Gasteiger partial charge in [-0.3, -0.25) is 0 Å². The van der Waals surface area contributed by atoms with Gasteiger partial charge in [-0.25, -0.2) is 9.97 Å². The van der Waals surface area contributed by atoms with Crippen LogP contribution in [-0.2, 0) is 12.2 Å². The van der Waals surface area contributed by atoms with Crippen LogP contribution in [0.5, 0.6) is 0 Å². The van der Waals surface area contributed by atoms with Crippen molar-refractivity contribution < 1.29 is 0 Å². The standard InChI is InChI=1S/C16H18BrClN2S/c1-10(2)8-12-15(17)16(18)20-14(19-12)9-21-13-7-5-4-6-11(13)3/h4-7,10H,8-9H2,1-3H3. The smallest absolute Gasteiger partial charge is 0.147 e. The number of halogens is 2. The predicted molar refractivity (Wildman–Crippen MR) is 94.0 cm³/mol. The number of nitrogens with zero attached hydrogens (tertiary/aromatic N) is 2. The van der Waals surface area contributed by atoms with Gasteiger partial charge in [0.05, 0.1) is 15.9 Å². The minimum Gasteiger partial charge on any atom is -0.236 e. The lowest BCUT2D eigenvalue weighted by atomic mass is 10.1. The SMILES string of the molecule is Cc1ccccc1SCc1nc(Cl)c(Br)c(CC(C)C)n1. The van der Waals surface area contributed by atoms with Crippen LogP contribution in [0, 0.1) is 12.8 Å². The molecule has 0 saturated carbocycles. The Kier molecular flexibility index (Phi) is 6.08. The van der Waals surface area contributed by atoms with Crippen LogP contribution in [0.3, 0.4) is 0 Å². The first kappa shape index (κ1) is 16.8. The van der Waals surface area contributed by atoms with Gasteiger partial charge in [-0.05, 0) is 46.8 Å². The average Bonchev–Trinajstić information content (AvgIpc) is 2.42. The molecule has 0 aliphatic carbocycles. The highest BCUT2D eigenvalue weighted by Crippen LogP contribution is 2.29. The summed E-state index contributed by atoms with van der Waals surface area (Å²) in [4.78, 5) is 10.3. The minimum absolute atomic E-state index is 0.501. The third-order valence-corrected chi connectivity index (χ3v) is 5.48. The maximum Gasteiger partial charge on any atom is 0.147 e. The molecule has 0 amide bonds. The molecule has 0 bridgehead atoms. The van der Waals surface area contributed by atoms with E-state index in [1.165, 1.54) is 10.5 Å². The first-order valence-electron chi connectivity index (χ1n) is 6.86. The number of rotatable bonds is 5. The van der Waals surface area contributed by atoms with E-state index in [1.54, 1.807) is 11.8 Å². The molecule has 0 saturated heterocycles. The molecule has 0 aliphatic rings. The van der Waals surface area contributed by atoms with Crippen molar-refractivity contribution in [2.45, 2.75) is 37.8 Å². The normalized spacial score (nSPS) is 11.1. The second kappa shape index (κ2) is 7.61. The lowest BCUT2D eigenvalue weighted by Gasteiger charge is -2.10. The van der Waals surface area contributed by atoms with E-state index in [1.807, 2.05) is 6.07 Å². The van der Waals surface area contributed by atoms with Crippen LogP contribution in [0.25, 0.3) is 0 Å². The first-order chi connectivity index (χ1) is 9.97. The summed E-state index contributed by atoms with van der Waals surface area (Å²) in [7, 11) is 0. The van der Waals surface area contributed by atoms with Gasteiger partial charge >= 0.3 is 0 Å². The second-order valence-corrected chi connectivity index (χ2v) is 7.51. The second-order valence-electron chi connectivity index (χ2n) is 5.34. The zero-order valence-electron chi connectivity index (χ0n) is 12.4. The van der Waals surface area contributed by atoms with E-state index in [9.17, 15) is 0 Å². The molecule has 1 aromatic carbocycles. The third kappa shape index (κ3) is 4.70. The summed E-state index contributed by atoms with van der Waals surface area (Å²) in [5, 5.41) is 0.501. The van der Waals surface area contributed by atoms with E-state index in [-0.39, 0.29) is 0 Å². The largest absolute Gasteiger partial charge is 0.236 e. The molecule has 2 aromatic rings. The van der Waals surface area contributed by atoms with E-state index in [4.69, 9.17) is 11.6 Å². The van der Waals surface area contributed by atoms with Gasteiger partial charge < -0.3 is 0 Å². The van der Waals surface area contributed by atoms with Crippen LogP contribution in [0.4, 0.5) is 0 Å². The van der Waals surface area contributed by atoms with E-state index >= 15 is 0 Å². The van der Waals surface area contributed by atoms with Crippen LogP contribution < -0.4 is 0 Å². The summed E-state index contributed by atoms with van der Waals surface area (Å²) in [5.41, 5.74) is 2.26. The molecule has 0 fully saturated rings. The van der Waals surface area contributed by atoms with Crippen molar-refractivity contribution in [1.82, 2.24) is 9.97 Å². The molecule has 0 unspecified atom stereocenters. The zero-order valence-corrected chi connectivity index (χ0v) is 15.5. The molecular formula is C16H18BrClN2S. The Bertz CT molecular complexity index is 632. The molecule has 1 heterocycles. The molecule has 1 aromatic heterocycles. The highest BCUT2D eigenvalue weighted by Gasteiger charge is 2.12. The molecule has 0 atom stereocenters. The molecule has 0 radical (unpaired) electrons. The van der Waals surface area contributed by atoms with E-state index in [0.717, 1.165) is 28.2 Å². The highest BCUT2D eigenvalue weighted by atomic mass is 79.9.